The monoisotopic (exact) mass is 384 g/mol. The SMILES string of the molecule is Fc1cccc(Cn2cc(NC(=S)Nc3ccc4c(c3)OCCO4)cn2)c1. The number of fused-ring (bicyclic) bond motifs is 1. The van der Waals surface area contributed by atoms with Gasteiger partial charge in [0.2, 0.25) is 0 Å². The van der Waals surface area contributed by atoms with Gasteiger partial charge >= 0.3 is 0 Å². The van der Waals surface area contributed by atoms with E-state index >= 15 is 0 Å². The van der Waals surface area contributed by atoms with Crippen LogP contribution in [-0.4, -0.2) is 28.1 Å². The molecule has 0 bridgehead atoms. The third-order valence-electron chi connectivity index (χ3n) is 3.92. The summed E-state index contributed by atoms with van der Waals surface area (Å²) in [5.41, 5.74) is 2.37. The summed E-state index contributed by atoms with van der Waals surface area (Å²) in [6.07, 6.45) is 3.47. The van der Waals surface area contributed by atoms with Crippen LogP contribution < -0.4 is 20.1 Å². The number of aromatic nitrogens is 2. The maximum atomic E-state index is 13.3. The molecule has 1 aliphatic rings. The van der Waals surface area contributed by atoms with Crippen molar-refractivity contribution in [2.75, 3.05) is 23.8 Å². The molecule has 0 aliphatic carbocycles. The number of rotatable bonds is 4. The largest absolute Gasteiger partial charge is 0.486 e. The van der Waals surface area contributed by atoms with Crippen LogP contribution in [0.4, 0.5) is 15.8 Å². The molecule has 0 amide bonds. The highest BCUT2D eigenvalue weighted by Gasteiger charge is 2.12. The second kappa shape index (κ2) is 7.63. The van der Waals surface area contributed by atoms with Gasteiger partial charge in [0.05, 0.1) is 18.4 Å². The molecule has 0 fully saturated rings. The zero-order chi connectivity index (χ0) is 18.6. The third kappa shape index (κ3) is 4.35. The molecule has 8 heteroatoms. The van der Waals surface area contributed by atoms with Crippen LogP contribution in [0.25, 0.3) is 0 Å². The van der Waals surface area contributed by atoms with Crippen molar-refractivity contribution < 1.29 is 13.9 Å². The van der Waals surface area contributed by atoms with E-state index in [1.165, 1.54) is 12.1 Å². The second-order valence-electron chi connectivity index (χ2n) is 5.99. The minimum absolute atomic E-state index is 0.261. The van der Waals surface area contributed by atoms with Gasteiger partial charge in [0.25, 0.3) is 0 Å². The van der Waals surface area contributed by atoms with E-state index in [1.807, 2.05) is 30.5 Å². The lowest BCUT2D eigenvalue weighted by Crippen LogP contribution is -2.19. The van der Waals surface area contributed by atoms with Crippen molar-refractivity contribution >= 4 is 28.7 Å². The van der Waals surface area contributed by atoms with Crippen molar-refractivity contribution in [2.45, 2.75) is 6.54 Å². The van der Waals surface area contributed by atoms with Crippen molar-refractivity contribution in [1.29, 1.82) is 0 Å². The van der Waals surface area contributed by atoms with Crippen LogP contribution in [0.3, 0.4) is 0 Å². The number of hydrogen-bond acceptors (Lipinski definition) is 4. The molecule has 2 heterocycles. The lowest BCUT2D eigenvalue weighted by atomic mass is 10.2. The summed E-state index contributed by atoms with van der Waals surface area (Å²) in [7, 11) is 0. The summed E-state index contributed by atoms with van der Waals surface area (Å²) in [6, 6.07) is 12.0. The van der Waals surface area contributed by atoms with Crippen molar-refractivity contribution in [3.63, 3.8) is 0 Å². The first-order valence-electron chi connectivity index (χ1n) is 8.40. The molecule has 3 aromatic rings. The Bertz CT molecular complexity index is 976. The normalized spacial score (nSPS) is 12.5. The Morgan fingerprint density at radius 3 is 2.74 bits per heavy atom. The predicted molar refractivity (Wildman–Crippen MR) is 105 cm³/mol. The molecule has 2 aromatic carbocycles. The van der Waals surface area contributed by atoms with Crippen LogP contribution in [0.15, 0.2) is 54.9 Å². The molecule has 27 heavy (non-hydrogen) atoms. The molecule has 0 saturated carbocycles. The van der Waals surface area contributed by atoms with E-state index < -0.39 is 0 Å². The van der Waals surface area contributed by atoms with E-state index in [1.54, 1.807) is 16.9 Å². The third-order valence-corrected chi connectivity index (χ3v) is 4.13. The van der Waals surface area contributed by atoms with Crippen LogP contribution in [0.2, 0.25) is 0 Å². The summed E-state index contributed by atoms with van der Waals surface area (Å²) < 4.78 is 26.1. The second-order valence-corrected chi connectivity index (χ2v) is 6.40. The van der Waals surface area contributed by atoms with E-state index in [0.717, 1.165) is 22.7 Å². The van der Waals surface area contributed by atoms with Crippen LogP contribution >= 0.6 is 12.2 Å². The van der Waals surface area contributed by atoms with Gasteiger partial charge in [0.1, 0.15) is 19.0 Å². The molecular weight excluding hydrogens is 367 g/mol. The molecule has 1 aromatic heterocycles. The highest BCUT2D eigenvalue weighted by molar-refractivity contribution is 7.80. The first kappa shape index (κ1) is 17.3. The van der Waals surface area contributed by atoms with E-state index in [9.17, 15) is 4.39 Å². The van der Waals surface area contributed by atoms with Crippen LogP contribution in [0.1, 0.15) is 5.56 Å². The van der Waals surface area contributed by atoms with Crippen molar-refractivity contribution in [3.05, 3.63) is 66.2 Å². The van der Waals surface area contributed by atoms with Gasteiger partial charge in [0, 0.05) is 18.0 Å². The Morgan fingerprint density at radius 1 is 1.07 bits per heavy atom. The van der Waals surface area contributed by atoms with Gasteiger partial charge < -0.3 is 20.1 Å². The van der Waals surface area contributed by atoms with Gasteiger partial charge in [-0.3, -0.25) is 4.68 Å². The van der Waals surface area contributed by atoms with E-state index in [-0.39, 0.29) is 5.82 Å². The number of benzene rings is 2. The molecule has 2 N–H and O–H groups in total. The first-order valence-corrected chi connectivity index (χ1v) is 8.81. The maximum absolute atomic E-state index is 13.3. The fourth-order valence-electron chi connectivity index (χ4n) is 2.75. The number of thiocarbonyl (C=S) groups is 1. The highest BCUT2D eigenvalue weighted by Crippen LogP contribution is 2.32. The Balaban J connectivity index is 1.36. The Hall–Kier alpha value is -3.13. The quantitative estimate of drug-likeness (QED) is 0.670. The number of anilines is 2. The fourth-order valence-corrected chi connectivity index (χ4v) is 2.99. The summed E-state index contributed by atoms with van der Waals surface area (Å²) in [5, 5.41) is 10.9. The van der Waals surface area contributed by atoms with E-state index in [0.29, 0.717) is 30.6 Å². The summed E-state index contributed by atoms with van der Waals surface area (Å²) >= 11 is 5.35. The molecule has 138 valence electrons. The Kier molecular flexibility index (Phi) is 4.88. The summed E-state index contributed by atoms with van der Waals surface area (Å²) in [4.78, 5) is 0. The lowest BCUT2D eigenvalue weighted by molar-refractivity contribution is 0.171. The molecule has 0 spiro atoms. The average Bonchev–Trinajstić information content (AvgIpc) is 3.08. The molecule has 0 unspecified atom stereocenters. The topological polar surface area (TPSA) is 60.3 Å². The van der Waals surface area contributed by atoms with Crippen molar-refractivity contribution in [2.24, 2.45) is 0 Å². The van der Waals surface area contributed by atoms with Gasteiger partial charge in [-0.1, -0.05) is 12.1 Å². The lowest BCUT2D eigenvalue weighted by Gasteiger charge is -2.19. The van der Waals surface area contributed by atoms with Gasteiger partial charge in [-0.15, -0.1) is 0 Å². The minimum atomic E-state index is -0.261. The number of ether oxygens (including phenoxy) is 2. The first-order chi connectivity index (χ1) is 13.2. The minimum Gasteiger partial charge on any atom is -0.486 e. The zero-order valence-corrected chi connectivity index (χ0v) is 15.1. The van der Waals surface area contributed by atoms with Gasteiger partial charge in [-0.25, -0.2) is 4.39 Å². The molecule has 1 aliphatic heterocycles. The van der Waals surface area contributed by atoms with Crippen molar-refractivity contribution in [1.82, 2.24) is 9.78 Å². The molecular formula is C19H17FN4O2S. The van der Waals surface area contributed by atoms with Crippen LogP contribution in [-0.2, 0) is 6.54 Å². The van der Waals surface area contributed by atoms with Crippen LogP contribution in [0, 0.1) is 5.82 Å². The molecule has 0 radical (unpaired) electrons. The van der Waals surface area contributed by atoms with Crippen LogP contribution in [0.5, 0.6) is 11.5 Å². The van der Waals surface area contributed by atoms with E-state index in [4.69, 9.17) is 21.7 Å². The maximum Gasteiger partial charge on any atom is 0.175 e. The standard InChI is InChI=1S/C19H17FN4O2S/c20-14-3-1-2-13(8-14)11-24-12-16(10-21-24)23-19(27)22-15-4-5-17-18(9-15)26-7-6-25-17/h1-5,8-10,12H,6-7,11H2,(H2,22,23,27). The molecule has 6 nitrogen and oxygen atoms in total. The summed E-state index contributed by atoms with van der Waals surface area (Å²) in [6.45, 7) is 1.56. The molecule has 4 rings (SSSR count). The number of halogens is 1. The van der Waals surface area contributed by atoms with Gasteiger partial charge in [-0.2, -0.15) is 5.10 Å². The predicted octanol–water partition coefficient (Wildman–Crippen LogP) is 3.65. The van der Waals surface area contributed by atoms with Crippen molar-refractivity contribution in [3.8, 4) is 11.5 Å². The average molecular weight is 384 g/mol. The zero-order valence-electron chi connectivity index (χ0n) is 14.3. The highest BCUT2D eigenvalue weighted by atomic mass is 32.1. The number of nitrogens with one attached hydrogen (secondary N) is 2. The Morgan fingerprint density at radius 2 is 1.89 bits per heavy atom. The summed E-state index contributed by atoms with van der Waals surface area (Å²) in [5.74, 6) is 1.16. The van der Waals surface area contributed by atoms with E-state index in [2.05, 4.69) is 15.7 Å². The number of hydrogen-bond donors (Lipinski definition) is 2. The fraction of sp³-hybridized carbons (Fsp3) is 0.158. The molecule has 0 atom stereocenters. The Labute approximate surface area is 160 Å². The number of nitrogens with zero attached hydrogens (tertiary/aromatic N) is 2. The van der Waals surface area contributed by atoms with Gasteiger partial charge in [-0.05, 0) is 42.0 Å². The molecule has 0 saturated heterocycles. The van der Waals surface area contributed by atoms with Gasteiger partial charge in [0.15, 0.2) is 16.6 Å². The smallest absolute Gasteiger partial charge is 0.175 e.